The molecule has 2 N–H and O–H groups in total. The Morgan fingerprint density at radius 1 is 1.16 bits per heavy atom. The first-order valence-electron chi connectivity index (χ1n) is 9.68. The summed E-state index contributed by atoms with van der Waals surface area (Å²) in [4.78, 5) is 24.6. The molecule has 31 heavy (non-hydrogen) atoms. The lowest BCUT2D eigenvalue weighted by Crippen LogP contribution is -2.17. The maximum atomic E-state index is 12.3. The van der Waals surface area contributed by atoms with Crippen LogP contribution >= 0.6 is 27.7 Å². The number of halogens is 1. The highest BCUT2D eigenvalue weighted by Crippen LogP contribution is 2.24. The molecule has 2 aromatic carbocycles. The molecule has 7 nitrogen and oxygen atoms in total. The minimum atomic E-state index is -0.332. The molecule has 9 heteroatoms. The molecule has 0 radical (unpaired) electrons. The standard InChI is InChI=1S/C22H20BrN5O2S/c1-13(2)14-3-5-15(6-4-14)18-11-19-21(30)25-26-22(28(19)27-18)31-12-20(29)24-17-9-7-16(23)8-10-17/h3-11,13H,12H2,1-2H3,(H,24,29)(H,25,30). The number of carbonyl (C=O) groups excluding carboxylic acids is 1. The van der Waals surface area contributed by atoms with E-state index in [-0.39, 0.29) is 17.2 Å². The molecule has 2 heterocycles. The largest absolute Gasteiger partial charge is 0.325 e. The Hall–Kier alpha value is -2.91. The van der Waals surface area contributed by atoms with Gasteiger partial charge < -0.3 is 5.32 Å². The number of nitrogens with one attached hydrogen (secondary N) is 2. The lowest BCUT2D eigenvalue weighted by molar-refractivity contribution is -0.113. The Kier molecular flexibility index (Phi) is 6.24. The van der Waals surface area contributed by atoms with Crippen LogP contribution < -0.4 is 10.9 Å². The van der Waals surface area contributed by atoms with Crippen molar-refractivity contribution in [2.45, 2.75) is 24.9 Å². The van der Waals surface area contributed by atoms with Gasteiger partial charge in [-0.2, -0.15) is 5.10 Å². The van der Waals surface area contributed by atoms with E-state index in [0.29, 0.717) is 28.0 Å². The van der Waals surface area contributed by atoms with Crippen molar-refractivity contribution in [1.29, 1.82) is 0 Å². The van der Waals surface area contributed by atoms with Crippen LogP contribution in [0, 0.1) is 0 Å². The fourth-order valence-electron chi connectivity index (χ4n) is 3.03. The van der Waals surface area contributed by atoms with Crippen molar-refractivity contribution < 1.29 is 4.79 Å². The molecule has 0 saturated carbocycles. The minimum Gasteiger partial charge on any atom is -0.325 e. The van der Waals surface area contributed by atoms with E-state index >= 15 is 0 Å². The SMILES string of the molecule is CC(C)c1ccc(-c2cc3c(=O)[nH]nc(SCC(=O)Nc4ccc(Br)cc4)n3n2)cc1. The van der Waals surface area contributed by atoms with Gasteiger partial charge in [0.15, 0.2) is 0 Å². The monoisotopic (exact) mass is 497 g/mol. The quantitative estimate of drug-likeness (QED) is 0.376. The van der Waals surface area contributed by atoms with E-state index in [4.69, 9.17) is 0 Å². The number of anilines is 1. The number of rotatable bonds is 6. The number of aromatic nitrogens is 4. The van der Waals surface area contributed by atoms with E-state index in [2.05, 4.69) is 62.5 Å². The fourth-order valence-corrected chi connectivity index (χ4v) is 3.99. The van der Waals surface area contributed by atoms with Crippen molar-refractivity contribution in [3.05, 3.63) is 75.0 Å². The van der Waals surface area contributed by atoms with Crippen LogP contribution in [0.1, 0.15) is 25.3 Å². The van der Waals surface area contributed by atoms with E-state index < -0.39 is 0 Å². The third-order valence-electron chi connectivity index (χ3n) is 4.71. The first kappa shape index (κ1) is 21.3. The number of amides is 1. The summed E-state index contributed by atoms with van der Waals surface area (Å²) in [5, 5.41) is 14.4. The number of carbonyl (C=O) groups is 1. The number of aromatic amines is 1. The van der Waals surface area contributed by atoms with Crippen molar-refractivity contribution in [2.24, 2.45) is 0 Å². The van der Waals surface area contributed by atoms with Crippen molar-refractivity contribution in [3.8, 4) is 11.3 Å². The molecule has 2 aromatic heterocycles. The van der Waals surface area contributed by atoms with Crippen LogP contribution in [0.4, 0.5) is 5.69 Å². The second-order valence-corrected chi connectivity index (χ2v) is 9.14. The van der Waals surface area contributed by atoms with Gasteiger partial charge in [0.05, 0.1) is 11.4 Å². The summed E-state index contributed by atoms with van der Waals surface area (Å²) < 4.78 is 2.43. The highest BCUT2D eigenvalue weighted by molar-refractivity contribution is 9.10. The Morgan fingerprint density at radius 2 is 1.87 bits per heavy atom. The molecule has 0 fully saturated rings. The number of hydrogen-bond acceptors (Lipinski definition) is 5. The van der Waals surface area contributed by atoms with Crippen molar-refractivity contribution in [1.82, 2.24) is 19.8 Å². The third-order valence-corrected chi connectivity index (χ3v) is 6.17. The van der Waals surface area contributed by atoms with E-state index in [1.165, 1.54) is 21.8 Å². The molecule has 0 spiro atoms. The summed E-state index contributed by atoms with van der Waals surface area (Å²) in [6, 6.07) is 17.2. The zero-order chi connectivity index (χ0) is 22.0. The van der Waals surface area contributed by atoms with Gasteiger partial charge in [-0.1, -0.05) is 65.8 Å². The zero-order valence-corrected chi connectivity index (χ0v) is 19.3. The van der Waals surface area contributed by atoms with Crippen LogP contribution in [0.15, 0.2) is 69.0 Å². The van der Waals surface area contributed by atoms with Crippen molar-refractivity contribution >= 4 is 44.8 Å². The normalized spacial score (nSPS) is 11.2. The highest BCUT2D eigenvalue weighted by Gasteiger charge is 2.14. The van der Waals surface area contributed by atoms with E-state index in [0.717, 1.165) is 10.0 Å². The van der Waals surface area contributed by atoms with Crippen LogP contribution in [-0.4, -0.2) is 31.5 Å². The van der Waals surface area contributed by atoms with Crippen LogP contribution in [0.2, 0.25) is 0 Å². The molecule has 0 bridgehead atoms. The number of thioether (sulfide) groups is 1. The summed E-state index contributed by atoms with van der Waals surface area (Å²) >= 11 is 4.57. The fraction of sp³-hybridized carbons (Fsp3) is 0.182. The van der Waals surface area contributed by atoms with Gasteiger partial charge in [-0.05, 0) is 41.8 Å². The molecule has 158 valence electrons. The topological polar surface area (TPSA) is 92.1 Å². The maximum absolute atomic E-state index is 12.3. The molecule has 0 saturated heterocycles. The molecule has 0 aliphatic heterocycles. The number of nitrogens with zero attached hydrogens (tertiary/aromatic N) is 3. The highest BCUT2D eigenvalue weighted by atomic mass is 79.9. The number of fused-ring (bicyclic) bond motifs is 1. The Labute approximate surface area is 191 Å². The smallest absolute Gasteiger partial charge is 0.290 e. The summed E-state index contributed by atoms with van der Waals surface area (Å²) in [6.45, 7) is 4.28. The molecule has 1 amide bonds. The minimum absolute atomic E-state index is 0.127. The number of benzene rings is 2. The number of hydrogen-bond donors (Lipinski definition) is 2. The van der Waals surface area contributed by atoms with Crippen molar-refractivity contribution in [3.63, 3.8) is 0 Å². The van der Waals surface area contributed by atoms with Gasteiger partial charge in [0.1, 0.15) is 5.52 Å². The lowest BCUT2D eigenvalue weighted by atomic mass is 10.0. The van der Waals surface area contributed by atoms with Gasteiger partial charge in [-0.15, -0.1) is 5.10 Å². The Morgan fingerprint density at radius 3 is 2.55 bits per heavy atom. The summed E-state index contributed by atoms with van der Waals surface area (Å²) in [5.41, 5.74) is 3.58. The van der Waals surface area contributed by atoms with Gasteiger partial charge >= 0.3 is 0 Å². The number of H-pyrrole nitrogens is 1. The predicted molar refractivity (Wildman–Crippen MR) is 127 cm³/mol. The average molecular weight is 498 g/mol. The van der Waals surface area contributed by atoms with Gasteiger partial charge in [-0.25, -0.2) is 9.61 Å². The van der Waals surface area contributed by atoms with Gasteiger partial charge in [-0.3, -0.25) is 9.59 Å². The second kappa shape index (κ2) is 9.07. The Balaban J connectivity index is 1.54. The predicted octanol–water partition coefficient (Wildman–Crippen LogP) is 4.70. The summed E-state index contributed by atoms with van der Waals surface area (Å²) in [7, 11) is 0. The molecular weight excluding hydrogens is 478 g/mol. The molecular formula is C22H20BrN5O2S. The molecule has 0 aliphatic rings. The second-order valence-electron chi connectivity index (χ2n) is 7.28. The summed E-state index contributed by atoms with van der Waals surface area (Å²) in [6.07, 6.45) is 0. The van der Waals surface area contributed by atoms with Crippen LogP contribution in [0.25, 0.3) is 16.8 Å². The van der Waals surface area contributed by atoms with Crippen molar-refractivity contribution in [2.75, 3.05) is 11.1 Å². The molecule has 0 atom stereocenters. The molecule has 0 unspecified atom stereocenters. The summed E-state index contributed by atoms with van der Waals surface area (Å²) in [5.74, 6) is 0.390. The molecule has 0 aliphatic carbocycles. The van der Waals surface area contributed by atoms with E-state index in [1.807, 2.05) is 36.4 Å². The maximum Gasteiger partial charge on any atom is 0.290 e. The van der Waals surface area contributed by atoms with Gasteiger partial charge in [0.2, 0.25) is 11.1 Å². The zero-order valence-electron chi connectivity index (χ0n) is 16.9. The lowest BCUT2D eigenvalue weighted by Gasteiger charge is -2.06. The molecule has 4 aromatic rings. The average Bonchev–Trinajstić information content (AvgIpc) is 3.21. The van der Waals surface area contributed by atoms with E-state index in [1.54, 1.807) is 6.07 Å². The van der Waals surface area contributed by atoms with Crippen LogP contribution in [0.5, 0.6) is 0 Å². The third kappa shape index (κ3) is 4.88. The first-order valence-corrected chi connectivity index (χ1v) is 11.5. The Bertz CT molecular complexity index is 1280. The van der Waals surface area contributed by atoms with Crippen LogP contribution in [0.3, 0.4) is 0 Å². The molecule has 4 rings (SSSR count). The van der Waals surface area contributed by atoms with E-state index in [9.17, 15) is 9.59 Å². The first-order chi connectivity index (χ1) is 14.9. The van der Waals surface area contributed by atoms with Gasteiger partial charge in [0, 0.05) is 15.7 Å². The van der Waals surface area contributed by atoms with Gasteiger partial charge in [0.25, 0.3) is 5.56 Å². The van der Waals surface area contributed by atoms with Crippen LogP contribution in [-0.2, 0) is 4.79 Å².